The number of carbonyl (C=O) groups excluding carboxylic acids is 3. The highest BCUT2D eigenvalue weighted by Gasteiger charge is 2.36. The van der Waals surface area contributed by atoms with E-state index in [0.29, 0.717) is 16.3 Å². The molecule has 1 saturated heterocycles. The van der Waals surface area contributed by atoms with Crippen LogP contribution in [-0.4, -0.2) is 41.9 Å². The third-order valence-corrected chi connectivity index (χ3v) is 5.61. The van der Waals surface area contributed by atoms with Crippen LogP contribution >= 0.6 is 23.5 Å². The molecule has 2 aromatic rings. The maximum atomic E-state index is 12.5. The molecule has 0 aromatic heterocycles. The summed E-state index contributed by atoms with van der Waals surface area (Å²) in [6.45, 7) is -0.334. The van der Waals surface area contributed by atoms with Gasteiger partial charge in [-0.25, -0.2) is 0 Å². The number of hydrogen-bond donors (Lipinski definition) is 1. The van der Waals surface area contributed by atoms with Gasteiger partial charge in [0.05, 0.1) is 12.0 Å². The van der Waals surface area contributed by atoms with E-state index >= 15 is 0 Å². The fourth-order valence-corrected chi connectivity index (χ4v) is 3.75. The molecule has 0 radical (unpaired) electrons. The molecule has 0 bridgehead atoms. The standard InChI is InChI=1S/C20H18N2O4S2/c1-26-15-7-5-14(6-8-15)21-18(23)12-22-19(24)17(28-20(22)25)11-13-3-9-16(27-2)10-4-13/h3-11H,12H2,1-2H3,(H,21,23)/b17-11+. The number of imide groups is 1. The molecular formula is C20H18N2O4S2. The molecule has 2 aromatic carbocycles. The quantitative estimate of drug-likeness (QED) is 0.567. The molecule has 28 heavy (non-hydrogen) atoms. The lowest BCUT2D eigenvalue weighted by Gasteiger charge is -2.12. The Kier molecular flexibility index (Phi) is 6.43. The minimum atomic E-state index is -0.464. The van der Waals surface area contributed by atoms with Crippen LogP contribution in [0.15, 0.2) is 58.3 Å². The second kappa shape index (κ2) is 8.99. The summed E-state index contributed by atoms with van der Waals surface area (Å²) in [6, 6.07) is 14.4. The number of anilines is 1. The monoisotopic (exact) mass is 414 g/mol. The maximum absolute atomic E-state index is 12.5. The lowest BCUT2D eigenvalue weighted by atomic mass is 10.2. The molecule has 8 heteroatoms. The Hall–Kier alpha value is -2.71. The number of nitrogens with zero attached hydrogens (tertiary/aromatic N) is 1. The molecule has 0 saturated carbocycles. The van der Waals surface area contributed by atoms with Crippen molar-refractivity contribution in [2.24, 2.45) is 0 Å². The summed E-state index contributed by atoms with van der Waals surface area (Å²) in [5.41, 5.74) is 1.38. The molecule has 1 fully saturated rings. The fourth-order valence-electron chi connectivity index (χ4n) is 2.51. The number of thioether (sulfide) groups is 2. The van der Waals surface area contributed by atoms with E-state index < -0.39 is 17.1 Å². The van der Waals surface area contributed by atoms with Gasteiger partial charge < -0.3 is 10.1 Å². The lowest BCUT2D eigenvalue weighted by molar-refractivity contribution is -0.127. The van der Waals surface area contributed by atoms with Gasteiger partial charge in [-0.1, -0.05) is 12.1 Å². The highest BCUT2D eigenvalue weighted by molar-refractivity contribution is 8.18. The normalized spacial score (nSPS) is 15.2. The van der Waals surface area contributed by atoms with Gasteiger partial charge in [-0.2, -0.15) is 0 Å². The fraction of sp³-hybridized carbons (Fsp3) is 0.150. The van der Waals surface area contributed by atoms with Crippen molar-refractivity contribution >= 4 is 52.3 Å². The smallest absolute Gasteiger partial charge is 0.294 e. The maximum Gasteiger partial charge on any atom is 0.294 e. The Morgan fingerprint density at radius 3 is 2.43 bits per heavy atom. The zero-order chi connectivity index (χ0) is 20.1. The van der Waals surface area contributed by atoms with Crippen molar-refractivity contribution in [2.75, 3.05) is 25.2 Å². The Labute approximate surface area is 171 Å². The first kappa shape index (κ1) is 20.0. The van der Waals surface area contributed by atoms with Gasteiger partial charge in [0.25, 0.3) is 11.1 Å². The molecular weight excluding hydrogens is 396 g/mol. The van der Waals surface area contributed by atoms with Crippen LogP contribution in [0.3, 0.4) is 0 Å². The molecule has 1 heterocycles. The SMILES string of the molecule is COc1ccc(NC(=O)CN2C(=O)S/C(=C/c3ccc(SC)cc3)C2=O)cc1. The number of nitrogens with one attached hydrogen (secondary N) is 1. The molecule has 1 aliphatic heterocycles. The number of carbonyl (C=O) groups is 3. The zero-order valence-electron chi connectivity index (χ0n) is 15.3. The summed E-state index contributed by atoms with van der Waals surface area (Å²) in [4.78, 5) is 39.3. The topological polar surface area (TPSA) is 75.7 Å². The number of benzene rings is 2. The molecule has 0 spiro atoms. The molecule has 0 aliphatic carbocycles. The van der Waals surface area contributed by atoms with E-state index in [2.05, 4.69) is 5.32 Å². The van der Waals surface area contributed by atoms with Crippen LogP contribution in [0, 0.1) is 0 Å². The molecule has 144 valence electrons. The van der Waals surface area contributed by atoms with Crippen molar-refractivity contribution in [3.05, 3.63) is 59.0 Å². The van der Waals surface area contributed by atoms with Gasteiger partial charge in [0.1, 0.15) is 12.3 Å². The summed E-state index contributed by atoms with van der Waals surface area (Å²) in [5, 5.41) is 2.21. The lowest BCUT2D eigenvalue weighted by Crippen LogP contribution is -2.36. The highest BCUT2D eigenvalue weighted by Crippen LogP contribution is 2.32. The van der Waals surface area contributed by atoms with E-state index in [0.717, 1.165) is 27.1 Å². The number of rotatable bonds is 6. The van der Waals surface area contributed by atoms with Crippen LogP contribution in [0.2, 0.25) is 0 Å². The van der Waals surface area contributed by atoms with Gasteiger partial charge in [0.2, 0.25) is 5.91 Å². The summed E-state index contributed by atoms with van der Waals surface area (Å²) in [5.74, 6) is -0.244. The molecule has 0 unspecified atom stereocenters. The van der Waals surface area contributed by atoms with Crippen LogP contribution < -0.4 is 10.1 Å². The van der Waals surface area contributed by atoms with Crippen LogP contribution in [0.4, 0.5) is 10.5 Å². The van der Waals surface area contributed by atoms with Crippen LogP contribution in [-0.2, 0) is 9.59 Å². The van der Waals surface area contributed by atoms with Gasteiger partial charge >= 0.3 is 0 Å². The number of hydrogen-bond acceptors (Lipinski definition) is 6. The Morgan fingerprint density at radius 2 is 1.82 bits per heavy atom. The van der Waals surface area contributed by atoms with Gasteiger partial charge in [-0.3, -0.25) is 19.3 Å². The van der Waals surface area contributed by atoms with E-state index in [4.69, 9.17) is 4.74 Å². The Morgan fingerprint density at radius 1 is 1.14 bits per heavy atom. The van der Waals surface area contributed by atoms with Crippen LogP contribution in [0.25, 0.3) is 6.08 Å². The van der Waals surface area contributed by atoms with E-state index in [1.165, 1.54) is 0 Å². The number of methoxy groups -OCH3 is 1. The predicted molar refractivity (Wildman–Crippen MR) is 113 cm³/mol. The minimum Gasteiger partial charge on any atom is -0.497 e. The summed E-state index contributed by atoms with van der Waals surface area (Å²) in [7, 11) is 1.55. The van der Waals surface area contributed by atoms with Gasteiger partial charge in [0.15, 0.2) is 0 Å². The van der Waals surface area contributed by atoms with E-state index in [9.17, 15) is 14.4 Å². The van der Waals surface area contributed by atoms with Crippen molar-refractivity contribution in [1.82, 2.24) is 4.90 Å². The van der Waals surface area contributed by atoms with Gasteiger partial charge in [-0.15, -0.1) is 11.8 Å². The summed E-state index contributed by atoms with van der Waals surface area (Å²) >= 11 is 2.46. The second-order valence-electron chi connectivity index (χ2n) is 5.82. The first-order chi connectivity index (χ1) is 13.5. The largest absolute Gasteiger partial charge is 0.497 e. The molecule has 3 amide bonds. The molecule has 1 aliphatic rings. The average molecular weight is 415 g/mol. The van der Waals surface area contributed by atoms with Gasteiger partial charge in [-0.05, 0) is 66.1 Å². The predicted octanol–water partition coefficient (Wildman–Crippen LogP) is 4.09. The molecule has 6 nitrogen and oxygen atoms in total. The van der Waals surface area contributed by atoms with E-state index in [-0.39, 0.29) is 6.54 Å². The second-order valence-corrected chi connectivity index (χ2v) is 7.69. The van der Waals surface area contributed by atoms with E-state index in [1.807, 2.05) is 30.5 Å². The van der Waals surface area contributed by atoms with Crippen LogP contribution in [0.1, 0.15) is 5.56 Å². The van der Waals surface area contributed by atoms with Crippen molar-refractivity contribution in [1.29, 1.82) is 0 Å². The minimum absolute atomic E-state index is 0.305. The highest BCUT2D eigenvalue weighted by atomic mass is 32.2. The van der Waals surface area contributed by atoms with Gasteiger partial charge in [0, 0.05) is 10.6 Å². The van der Waals surface area contributed by atoms with Crippen molar-refractivity contribution < 1.29 is 19.1 Å². The first-order valence-electron chi connectivity index (χ1n) is 8.33. The third kappa shape index (κ3) is 4.76. The summed E-state index contributed by atoms with van der Waals surface area (Å²) in [6.07, 6.45) is 3.65. The van der Waals surface area contributed by atoms with Crippen molar-refractivity contribution in [2.45, 2.75) is 4.90 Å². The summed E-state index contributed by atoms with van der Waals surface area (Å²) < 4.78 is 5.06. The zero-order valence-corrected chi connectivity index (χ0v) is 16.9. The number of ether oxygens (including phenoxy) is 1. The van der Waals surface area contributed by atoms with Crippen molar-refractivity contribution in [3.63, 3.8) is 0 Å². The van der Waals surface area contributed by atoms with E-state index in [1.54, 1.807) is 49.2 Å². The van der Waals surface area contributed by atoms with Crippen molar-refractivity contribution in [3.8, 4) is 5.75 Å². The first-order valence-corrected chi connectivity index (χ1v) is 10.4. The average Bonchev–Trinajstić information content (AvgIpc) is 2.96. The third-order valence-electron chi connectivity index (χ3n) is 3.96. The Bertz CT molecular complexity index is 924. The number of amides is 3. The molecule has 0 atom stereocenters. The molecule has 3 rings (SSSR count). The Balaban J connectivity index is 1.65. The van der Waals surface area contributed by atoms with Crippen LogP contribution in [0.5, 0.6) is 5.75 Å². The molecule has 1 N–H and O–H groups in total.